The van der Waals surface area contributed by atoms with Crippen LogP contribution < -0.4 is 0 Å². The lowest BCUT2D eigenvalue weighted by atomic mass is 10.1. The molecule has 0 radical (unpaired) electrons. The van der Waals surface area contributed by atoms with Gasteiger partial charge in [0.25, 0.3) is 0 Å². The fraction of sp³-hybridized carbons (Fsp3) is 0.750. The van der Waals surface area contributed by atoms with Gasteiger partial charge in [0, 0.05) is 12.8 Å². The molecule has 0 aromatic heterocycles. The molecule has 2 aliphatic heterocycles. The summed E-state index contributed by atoms with van der Waals surface area (Å²) < 4.78 is 10.7. The van der Waals surface area contributed by atoms with Crippen molar-refractivity contribution >= 4 is 5.97 Å². The summed E-state index contributed by atoms with van der Waals surface area (Å²) in [5.74, 6) is 0.736. The first-order chi connectivity index (χ1) is 7.31. The molecular formula is C12H18O3. The third kappa shape index (κ3) is 2.33. The van der Waals surface area contributed by atoms with Crippen molar-refractivity contribution in [3.8, 4) is 0 Å². The van der Waals surface area contributed by atoms with Gasteiger partial charge in [-0.3, -0.25) is 0 Å². The number of esters is 1. The van der Waals surface area contributed by atoms with Crippen LogP contribution in [0.1, 0.15) is 45.4 Å². The van der Waals surface area contributed by atoms with E-state index >= 15 is 0 Å². The number of rotatable bonds is 3. The number of allylic oxidation sites excluding steroid dienone is 1. The van der Waals surface area contributed by atoms with Crippen LogP contribution in [0.4, 0.5) is 0 Å². The Balaban J connectivity index is 1.94. The minimum atomic E-state index is -0.166. The highest BCUT2D eigenvalue weighted by molar-refractivity contribution is 5.90. The fourth-order valence-corrected chi connectivity index (χ4v) is 2.16. The van der Waals surface area contributed by atoms with Crippen LogP contribution in [0.15, 0.2) is 11.3 Å². The highest BCUT2D eigenvalue weighted by atomic mass is 16.5. The molecule has 0 saturated carbocycles. The van der Waals surface area contributed by atoms with Crippen molar-refractivity contribution < 1.29 is 14.3 Å². The Bertz CT molecular complexity index is 281. The second-order valence-electron chi connectivity index (χ2n) is 4.21. The van der Waals surface area contributed by atoms with Gasteiger partial charge in [0.2, 0.25) is 0 Å². The Morgan fingerprint density at radius 3 is 2.93 bits per heavy atom. The van der Waals surface area contributed by atoms with Crippen molar-refractivity contribution in [2.45, 2.75) is 51.6 Å². The van der Waals surface area contributed by atoms with Gasteiger partial charge in [0.15, 0.2) is 0 Å². The molecule has 2 aliphatic rings. The molecule has 2 saturated heterocycles. The predicted octanol–water partition coefficient (Wildman–Crippen LogP) is 2.56. The molecule has 84 valence electrons. The minimum Gasteiger partial charge on any atom is -0.494 e. The van der Waals surface area contributed by atoms with Gasteiger partial charge in [-0.15, -0.1) is 0 Å². The van der Waals surface area contributed by atoms with Gasteiger partial charge < -0.3 is 9.47 Å². The summed E-state index contributed by atoms with van der Waals surface area (Å²) in [5, 5.41) is 0. The Hall–Kier alpha value is -0.990. The molecule has 2 fully saturated rings. The second-order valence-corrected chi connectivity index (χ2v) is 4.21. The van der Waals surface area contributed by atoms with Crippen molar-refractivity contribution in [3.05, 3.63) is 11.3 Å². The lowest BCUT2D eigenvalue weighted by molar-refractivity contribution is -0.135. The van der Waals surface area contributed by atoms with Crippen LogP contribution in [0.25, 0.3) is 0 Å². The van der Waals surface area contributed by atoms with Gasteiger partial charge in [-0.1, -0.05) is 19.8 Å². The first-order valence-corrected chi connectivity index (χ1v) is 5.87. The van der Waals surface area contributed by atoms with Crippen LogP contribution in [0.3, 0.4) is 0 Å². The van der Waals surface area contributed by atoms with E-state index in [-0.39, 0.29) is 5.97 Å². The van der Waals surface area contributed by atoms with Gasteiger partial charge >= 0.3 is 5.97 Å². The molecule has 0 bridgehead atoms. The molecular weight excluding hydrogens is 192 g/mol. The zero-order chi connectivity index (χ0) is 10.7. The summed E-state index contributed by atoms with van der Waals surface area (Å²) in [6.45, 7) is 2.71. The molecule has 2 rings (SSSR count). The van der Waals surface area contributed by atoms with Gasteiger partial charge in [0.1, 0.15) is 5.76 Å². The summed E-state index contributed by atoms with van der Waals surface area (Å²) >= 11 is 0. The highest BCUT2D eigenvalue weighted by Crippen LogP contribution is 2.31. The van der Waals surface area contributed by atoms with E-state index in [1.807, 2.05) is 0 Å². The third-order valence-electron chi connectivity index (χ3n) is 3.05. The molecule has 3 nitrogen and oxygen atoms in total. The summed E-state index contributed by atoms with van der Waals surface area (Å²) in [5.41, 5.74) is 0.786. The average molecular weight is 210 g/mol. The van der Waals surface area contributed by atoms with Gasteiger partial charge in [0.05, 0.1) is 18.3 Å². The fourth-order valence-electron chi connectivity index (χ4n) is 2.16. The molecule has 15 heavy (non-hydrogen) atoms. The summed E-state index contributed by atoms with van der Waals surface area (Å²) in [7, 11) is 0. The van der Waals surface area contributed by atoms with Crippen LogP contribution in [-0.2, 0) is 14.3 Å². The quantitative estimate of drug-likeness (QED) is 0.530. The molecule has 0 N–H and O–H groups in total. The topological polar surface area (TPSA) is 35.5 Å². The number of ether oxygens (including phenoxy) is 2. The summed E-state index contributed by atoms with van der Waals surface area (Å²) in [6, 6.07) is 0. The van der Waals surface area contributed by atoms with Crippen molar-refractivity contribution in [1.82, 2.24) is 0 Å². The van der Waals surface area contributed by atoms with E-state index in [0.717, 1.165) is 37.0 Å². The smallest absolute Gasteiger partial charge is 0.337 e. The van der Waals surface area contributed by atoms with Gasteiger partial charge in [-0.05, 0) is 12.8 Å². The Kier molecular flexibility index (Phi) is 3.29. The van der Waals surface area contributed by atoms with E-state index < -0.39 is 0 Å². The normalized spacial score (nSPS) is 30.5. The maximum Gasteiger partial charge on any atom is 0.337 e. The third-order valence-corrected chi connectivity index (χ3v) is 3.05. The first kappa shape index (κ1) is 10.5. The zero-order valence-corrected chi connectivity index (χ0v) is 9.25. The van der Waals surface area contributed by atoms with E-state index in [4.69, 9.17) is 9.47 Å². The summed E-state index contributed by atoms with van der Waals surface area (Å²) in [6.07, 6.45) is 6.56. The molecule has 2 heterocycles. The molecule has 0 aromatic carbocycles. The Morgan fingerprint density at radius 2 is 2.27 bits per heavy atom. The zero-order valence-electron chi connectivity index (χ0n) is 9.25. The summed E-state index contributed by atoms with van der Waals surface area (Å²) in [4.78, 5) is 11.3. The molecule has 0 aromatic rings. The number of hydrogen-bond acceptors (Lipinski definition) is 3. The van der Waals surface area contributed by atoms with Crippen LogP contribution in [0.2, 0.25) is 0 Å². The maximum atomic E-state index is 11.3. The first-order valence-electron chi connectivity index (χ1n) is 5.87. The van der Waals surface area contributed by atoms with Crippen molar-refractivity contribution in [3.63, 3.8) is 0 Å². The predicted molar refractivity (Wildman–Crippen MR) is 56.2 cm³/mol. The monoisotopic (exact) mass is 210 g/mol. The Morgan fingerprint density at radius 1 is 1.40 bits per heavy atom. The van der Waals surface area contributed by atoms with Crippen LogP contribution in [-0.4, -0.2) is 18.7 Å². The molecule has 0 aliphatic carbocycles. The minimum absolute atomic E-state index is 0.166. The van der Waals surface area contributed by atoms with E-state index in [1.165, 1.54) is 12.8 Å². The number of cyclic esters (lactones) is 1. The Labute approximate surface area is 90.4 Å². The molecule has 3 heteroatoms. The van der Waals surface area contributed by atoms with E-state index in [0.29, 0.717) is 12.7 Å². The maximum absolute atomic E-state index is 11.3. The standard InChI is InChI=1S/C12H18O3/c1-2-3-4-9-5-6-11(15-9)10-7-8-14-12(10)13/h9H,2-8H2,1H3/b11-10-. The average Bonchev–Trinajstić information content (AvgIpc) is 2.83. The second kappa shape index (κ2) is 4.69. The molecule has 1 atom stereocenters. The van der Waals surface area contributed by atoms with Crippen molar-refractivity contribution in [2.24, 2.45) is 0 Å². The molecule has 0 amide bonds. The highest BCUT2D eigenvalue weighted by Gasteiger charge is 2.29. The van der Waals surface area contributed by atoms with Crippen molar-refractivity contribution in [2.75, 3.05) is 6.61 Å². The van der Waals surface area contributed by atoms with E-state index in [1.54, 1.807) is 0 Å². The van der Waals surface area contributed by atoms with Gasteiger partial charge in [-0.25, -0.2) is 4.79 Å². The molecule has 0 spiro atoms. The van der Waals surface area contributed by atoms with Crippen LogP contribution >= 0.6 is 0 Å². The largest absolute Gasteiger partial charge is 0.494 e. The molecule has 1 unspecified atom stereocenters. The number of hydrogen-bond donors (Lipinski definition) is 0. The number of carbonyl (C=O) groups is 1. The lowest BCUT2D eigenvalue weighted by Gasteiger charge is -2.10. The van der Waals surface area contributed by atoms with E-state index in [9.17, 15) is 4.79 Å². The van der Waals surface area contributed by atoms with Gasteiger partial charge in [-0.2, -0.15) is 0 Å². The van der Waals surface area contributed by atoms with Crippen LogP contribution in [0.5, 0.6) is 0 Å². The number of unbranched alkanes of at least 4 members (excludes halogenated alkanes) is 1. The SMILES string of the molecule is CCCCC1CC/C(=C2\CCOC2=O)O1. The van der Waals surface area contributed by atoms with Crippen molar-refractivity contribution in [1.29, 1.82) is 0 Å². The number of carbonyl (C=O) groups excluding carboxylic acids is 1. The lowest BCUT2D eigenvalue weighted by Crippen LogP contribution is -2.05. The van der Waals surface area contributed by atoms with Crippen LogP contribution in [0, 0.1) is 0 Å². The van der Waals surface area contributed by atoms with E-state index in [2.05, 4.69) is 6.92 Å².